The van der Waals surface area contributed by atoms with Crippen LogP contribution in [0.1, 0.15) is 72.6 Å². The minimum atomic E-state index is -0.596. The lowest BCUT2D eigenvalue weighted by Crippen LogP contribution is -2.28. The Kier molecular flexibility index (Phi) is 25.0. The Bertz CT molecular complexity index is 779. The second kappa shape index (κ2) is 26.0. The highest BCUT2D eigenvalue weighted by atomic mass is 16.6. The first-order chi connectivity index (χ1) is 18.6. The number of nitriles is 1. The van der Waals surface area contributed by atoms with Gasteiger partial charge in [-0.3, -0.25) is 14.4 Å². The summed E-state index contributed by atoms with van der Waals surface area (Å²) in [7, 11) is 0. The highest BCUT2D eigenvalue weighted by Crippen LogP contribution is 2.05. The number of carbonyl (C=O) groups excluding carboxylic acids is 5. The summed E-state index contributed by atoms with van der Waals surface area (Å²) in [5, 5.41) is 10.6. The van der Waals surface area contributed by atoms with E-state index in [1.807, 2.05) is 26.8 Å². The molecule has 0 aromatic carbocycles. The normalized spacial score (nSPS) is 11.3. The van der Waals surface area contributed by atoms with Crippen LogP contribution in [-0.2, 0) is 42.9 Å². The van der Waals surface area contributed by atoms with E-state index >= 15 is 0 Å². The standard InChI is InChI=1S/C19H31NO8.C8H13NO2/c1-4-15(3)18(23)27-14-13-26-17(22)9-7-6-8-11-28-19(24)20-10-12-25-16(21)5-2;1-3-7(2)8(10)11-6-4-5-9/h5,15H,2,4,6-14H2,1,3H3,(H,20,24);7H,3-4,6H2,1-2H3. The van der Waals surface area contributed by atoms with Crippen LogP contribution in [0.15, 0.2) is 12.7 Å². The molecule has 12 nitrogen and oxygen atoms in total. The molecule has 2 unspecified atom stereocenters. The van der Waals surface area contributed by atoms with Crippen LogP contribution in [0.2, 0.25) is 0 Å². The third-order valence-corrected chi connectivity index (χ3v) is 5.12. The smallest absolute Gasteiger partial charge is 0.407 e. The maximum atomic E-state index is 11.5. The van der Waals surface area contributed by atoms with Crippen LogP contribution < -0.4 is 5.32 Å². The molecule has 0 aliphatic carbocycles. The Morgan fingerprint density at radius 1 is 0.795 bits per heavy atom. The number of ether oxygens (including phenoxy) is 5. The fourth-order valence-electron chi connectivity index (χ4n) is 2.31. The SMILES string of the molecule is C=CC(=O)OCCNC(=O)OCCCCCC(=O)OCCOC(=O)C(C)CC.CCC(C)C(=O)OCCC#N. The van der Waals surface area contributed by atoms with E-state index in [0.717, 1.165) is 12.5 Å². The van der Waals surface area contributed by atoms with E-state index in [1.54, 1.807) is 6.92 Å². The predicted octanol–water partition coefficient (Wildman–Crippen LogP) is 3.62. The van der Waals surface area contributed by atoms with Crippen LogP contribution in [0.4, 0.5) is 4.79 Å². The largest absolute Gasteiger partial charge is 0.464 e. The number of nitrogens with one attached hydrogen (secondary N) is 1. The van der Waals surface area contributed by atoms with Crippen molar-refractivity contribution in [1.82, 2.24) is 5.32 Å². The lowest BCUT2D eigenvalue weighted by Gasteiger charge is -2.09. The van der Waals surface area contributed by atoms with Crippen molar-refractivity contribution >= 4 is 30.0 Å². The van der Waals surface area contributed by atoms with Gasteiger partial charge in [-0.1, -0.05) is 34.3 Å². The van der Waals surface area contributed by atoms with E-state index in [9.17, 15) is 24.0 Å². The van der Waals surface area contributed by atoms with Gasteiger partial charge in [-0.15, -0.1) is 0 Å². The molecule has 0 saturated carbocycles. The van der Waals surface area contributed by atoms with Crippen LogP contribution in [0.3, 0.4) is 0 Å². The van der Waals surface area contributed by atoms with Crippen molar-refractivity contribution in [2.75, 3.05) is 39.6 Å². The summed E-state index contributed by atoms with van der Waals surface area (Å²) < 4.78 is 24.4. The maximum absolute atomic E-state index is 11.5. The average molecular weight is 557 g/mol. The van der Waals surface area contributed by atoms with Gasteiger partial charge >= 0.3 is 30.0 Å². The molecule has 12 heteroatoms. The number of carbonyl (C=O) groups is 5. The number of rotatable bonds is 19. The third-order valence-electron chi connectivity index (χ3n) is 5.12. The Morgan fingerprint density at radius 2 is 1.38 bits per heavy atom. The molecule has 0 fully saturated rings. The molecule has 0 aromatic heterocycles. The van der Waals surface area contributed by atoms with E-state index in [1.165, 1.54) is 0 Å². The highest BCUT2D eigenvalue weighted by molar-refractivity contribution is 5.81. The van der Waals surface area contributed by atoms with Crippen LogP contribution in [0, 0.1) is 23.2 Å². The first-order valence-corrected chi connectivity index (χ1v) is 13.2. The summed E-state index contributed by atoms with van der Waals surface area (Å²) in [5.41, 5.74) is 0. The van der Waals surface area contributed by atoms with Gasteiger partial charge in [0, 0.05) is 12.5 Å². The van der Waals surface area contributed by atoms with Crippen molar-refractivity contribution in [3.8, 4) is 6.07 Å². The number of amides is 1. The molecule has 0 aromatic rings. The number of hydrogen-bond acceptors (Lipinski definition) is 11. The molecule has 0 bridgehead atoms. The molecule has 2 atom stereocenters. The average Bonchev–Trinajstić information content (AvgIpc) is 2.94. The molecule has 1 N–H and O–H groups in total. The van der Waals surface area contributed by atoms with Gasteiger partial charge in [0.15, 0.2) is 0 Å². The van der Waals surface area contributed by atoms with Gasteiger partial charge in [0.25, 0.3) is 0 Å². The van der Waals surface area contributed by atoms with Crippen molar-refractivity contribution in [3.63, 3.8) is 0 Å². The van der Waals surface area contributed by atoms with Crippen molar-refractivity contribution < 1.29 is 47.7 Å². The van der Waals surface area contributed by atoms with E-state index in [0.29, 0.717) is 25.7 Å². The minimum Gasteiger partial charge on any atom is -0.464 e. The molecule has 0 aliphatic rings. The molecule has 0 aliphatic heterocycles. The number of nitrogens with zero attached hydrogens (tertiary/aromatic N) is 1. The Morgan fingerprint density at radius 3 is 1.95 bits per heavy atom. The molecule has 0 radical (unpaired) electrons. The second-order valence-corrected chi connectivity index (χ2v) is 8.33. The summed E-state index contributed by atoms with van der Waals surface area (Å²) in [4.78, 5) is 56.0. The molecule has 0 saturated heterocycles. The van der Waals surface area contributed by atoms with Gasteiger partial charge in [-0.25, -0.2) is 9.59 Å². The zero-order valence-corrected chi connectivity index (χ0v) is 23.7. The number of hydrogen-bond donors (Lipinski definition) is 1. The molecular formula is C27H44N2O10. The molecule has 0 heterocycles. The summed E-state index contributed by atoms with van der Waals surface area (Å²) in [6.07, 6.45) is 4.37. The van der Waals surface area contributed by atoms with Gasteiger partial charge < -0.3 is 29.0 Å². The Balaban J connectivity index is 0. The quantitative estimate of drug-likeness (QED) is 0.107. The van der Waals surface area contributed by atoms with Gasteiger partial charge in [-0.05, 0) is 32.1 Å². The summed E-state index contributed by atoms with van der Waals surface area (Å²) in [5.74, 6) is -1.61. The lowest BCUT2D eigenvalue weighted by molar-refractivity contribution is -0.154. The first-order valence-electron chi connectivity index (χ1n) is 13.2. The van der Waals surface area contributed by atoms with Gasteiger partial charge in [0.05, 0.1) is 37.5 Å². The van der Waals surface area contributed by atoms with Crippen molar-refractivity contribution in [1.29, 1.82) is 5.26 Å². The van der Waals surface area contributed by atoms with Crippen molar-refractivity contribution in [2.45, 2.75) is 72.6 Å². The van der Waals surface area contributed by atoms with Crippen molar-refractivity contribution in [3.05, 3.63) is 12.7 Å². The lowest BCUT2D eigenvalue weighted by atomic mass is 10.1. The van der Waals surface area contributed by atoms with Gasteiger partial charge in [-0.2, -0.15) is 5.26 Å². The fraction of sp³-hybridized carbons (Fsp3) is 0.704. The van der Waals surface area contributed by atoms with E-state index < -0.39 is 12.1 Å². The first kappa shape index (κ1) is 37.5. The Labute approximate surface area is 231 Å². The van der Waals surface area contributed by atoms with Crippen LogP contribution in [0.5, 0.6) is 0 Å². The maximum Gasteiger partial charge on any atom is 0.407 e. The molecule has 0 rings (SSSR count). The van der Waals surface area contributed by atoms with Crippen molar-refractivity contribution in [2.24, 2.45) is 11.8 Å². The van der Waals surface area contributed by atoms with E-state index in [-0.39, 0.29) is 82.2 Å². The molecular weight excluding hydrogens is 512 g/mol. The Hall–Kier alpha value is -3.62. The van der Waals surface area contributed by atoms with E-state index in [4.69, 9.17) is 24.2 Å². The zero-order chi connectivity index (χ0) is 29.9. The zero-order valence-electron chi connectivity index (χ0n) is 23.7. The molecule has 222 valence electrons. The van der Waals surface area contributed by atoms with Crippen LogP contribution >= 0.6 is 0 Å². The topological polar surface area (TPSA) is 167 Å². The molecule has 1 amide bonds. The number of esters is 4. The van der Waals surface area contributed by atoms with Gasteiger partial charge in [0.1, 0.15) is 26.4 Å². The second-order valence-electron chi connectivity index (χ2n) is 8.33. The number of alkyl carbamates (subject to hydrolysis) is 1. The highest BCUT2D eigenvalue weighted by Gasteiger charge is 2.12. The predicted molar refractivity (Wildman–Crippen MR) is 141 cm³/mol. The third kappa shape index (κ3) is 24.5. The fourth-order valence-corrected chi connectivity index (χ4v) is 2.31. The van der Waals surface area contributed by atoms with Gasteiger partial charge in [0.2, 0.25) is 0 Å². The summed E-state index contributed by atoms with van der Waals surface area (Å²) in [6, 6.07) is 1.90. The summed E-state index contributed by atoms with van der Waals surface area (Å²) in [6.45, 7) is 11.4. The van der Waals surface area contributed by atoms with Crippen LogP contribution in [-0.4, -0.2) is 69.5 Å². The minimum absolute atomic E-state index is 0.0406. The summed E-state index contributed by atoms with van der Waals surface area (Å²) >= 11 is 0. The molecule has 39 heavy (non-hydrogen) atoms. The van der Waals surface area contributed by atoms with Crippen LogP contribution in [0.25, 0.3) is 0 Å². The van der Waals surface area contributed by atoms with E-state index in [2.05, 4.69) is 16.6 Å². The monoisotopic (exact) mass is 556 g/mol. The number of unbranched alkanes of at least 4 members (excludes halogenated alkanes) is 2. The molecule has 0 spiro atoms.